The van der Waals surface area contributed by atoms with Gasteiger partial charge in [0, 0.05) is 43.1 Å². The standard InChI is InChI=1S/C18H21FN4O/c1-3-24-10-4-9-20-17-11-13(2)21-18-12-16(22-23(17)18)14-5-7-15(19)8-6-14/h5-8,11-12,20H,3-4,9-10H2,1-2H3. The molecule has 0 saturated carbocycles. The number of nitrogens with zero attached hydrogens (tertiary/aromatic N) is 3. The lowest BCUT2D eigenvalue weighted by molar-refractivity contribution is 0.147. The van der Waals surface area contributed by atoms with Crippen LogP contribution in [0.1, 0.15) is 19.0 Å². The number of nitrogens with one attached hydrogen (secondary N) is 1. The van der Waals surface area contributed by atoms with Crippen LogP contribution in [0.25, 0.3) is 16.9 Å². The zero-order valence-corrected chi connectivity index (χ0v) is 13.9. The van der Waals surface area contributed by atoms with E-state index in [9.17, 15) is 4.39 Å². The summed E-state index contributed by atoms with van der Waals surface area (Å²) in [7, 11) is 0. The molecule has 0 atom stereocenters. The molecule has 126 valence electrons. The number of hydrogen-bond acceptors (Lipinski definition) is 4. The van der Waals surface area contributed by atoms with Crippen molar-refractivity contribution < 1.29 is 9.13 Å². The molecule has 0 fully saturated rings. The topological polar surface area (TPSA) is 51.5 Å². The molecule has 6 heteroatoms. The molecule has 0 bridgehead atoms. The lowest BCUT2D eigenvalue weighted by Crippen LogP contribution is -2.10. The largest absolute Gasteiger partial charge is 0.382 e. The SMILES string of the molecule is CCOCCCNc1cc(C)nc2cc(-c3ccc(F)cc3)nn12. The number of ether oxygens (including phenoxy) is 1. The van der Waals surface area contributed by atoms with E-state index in [1.807, 2.05) is 26.0 Å². The average molecular weight is 328 g/mol. The Hall–Kier alpha value is -2.47. The molecule has 0 aliphatic carbocycles. The molecule has 1 aromatic carbocycles. The van der Waals surface area contributed by atoms with Crippen molar-refractivity contribution in [1.29, 1.82) is 0 Å². The van der Waals surface area contributed by atoms with Crippen LogP contribution in [0.5, 0.6) is 0 Å². The van der Waals surface area contributed by atoms with Crippen LogP contribution in [-0.4, -0.2) is 34.4 Å². The van der Waals surface area contributed by atoms with E-state index < -0.39 is 0 Å². The first kappa shape index (κ1) is 16.4. The molecule has 2 aromatic heterocycles. The molecule has 2 heterocycles. The Labute approximate surface area is 140 Å². The van der Waals surface area contributed by atoms with Crippen molar-refractivity contribution in [3.8, 4) is 11.3 Å². The van der Waals surface area contributed by atoms with Crippen LogP contribution < -0.4 is 5.32 Å². The number of aromatic nitrogens is 3. The van der Waals surface area contributed by atoms with Gasteiger partial charge in [0.05, 0.1) is 5.69 Å². The highest BCUT2D eigenvalue weighted by Gasteiger charge is 2.10. The molecule has 24 heavy (non-hydrogen) atoms. The van der Waals surface area contributed by atoms with Crippen molar-refractivity contribution in [3.05, 3.63) is 47.9 Å². The van der Waals surface area contributed by atoms with Crippen LogP contribution in [-0.2, 0) is 4.74 Å². The number of fused-ring (bicyclic) bond motifs is 1. The number of halogens is 1. The molecule has 1 N–H and O–H groups in total. The van der Waals surface area contributed by atoms with Crippen molar-refractivity contribution >= 4 is 11.5 Å². The van der Waals surface area contributed by atoms with Crippen LogP contribution in [0, 0.1) is 12.7 Å². The third-order valence-electron chi connectivity index (χ3n) is 3.67. The van der Waals surface area contributed by atoms with Crippen molar-refractivity contribution in [2.45, 2.75) is 20.3 Å². The Morgan fingerprint density at radius 2 is 2.00 bits per heavy atom. The molecular weight excluding hydrogens is 307 g/mol. The van der Waals surface area contributed by atoms with E-state index in [4.69, 9.17) is 4.74 Å². The van der Waals surface area contributed by atoms with Gasteiger partial charge in [0.15, 0.2) is 5.65 Å². The number of rotatable bonds is 7. The summed E-state index contributed by atoms with van der Waals surface area (Å²) in [6.07, 6.45) is 0.919. The zero-order chi connectivity index (χ0) is 16.9. The van der Waals surface area contributed by atoms with Gasteiger partial charge in [0.25, 0.3) is 0 Å². The molecule has 0 unspecified atom stereocenters. The highest BCUT2D eigenvalue weighted by molar-refractivity contribution is 5.65. The molecule has 3 rings (SSSR count). The highest BCUT2D eigenvalue weighted by Crippen LogP contribution is 2.22. The Bertz CT molecular complexity index is 814. The summed E-state index contributed by atoms with van der Waals surface area (Å²) in [5, 5.41) is 7.99. The number of aryl methyl sites for hydroxylation is 1. The molecule has 3 aromatic rings. The van der Waals surface area contributed by atoms with Gasteiger partial charge in [0.1, 0.15) is 11.6 Å². The predicted octanol–water partition coefficient (Wildman–Crippen LogP) is 3.68. The summed E-state index contributed by atoms with van der Waals surface area (Å²) in [5.74, 6) is 0.635. The van der Waals surface area contributed by atoms with Crippen molar-refractivity contribution in [1.82, 2.24) is 14.6 Å². The van der Waals surface area contributed by atoms with Gasteiger partial charge in [-0.2, -0.15) is 9.61 Å². The summed E-state index contributed by atoms with van der Waals surface area (Å²) in [4.78, 5) is 4.52. The van der Waals surface area contributed by atoms with Gasteiger partial charge in [-0.25, -0.2) is 9.37 Å². The third kappa shape index (κ3) is 3.71. The molecule has 0 saturated heterocycles. The monoisotopic (exact) mass is 328 g/mol. The van der Waals surface area contributed by atoms with E-state index in [1.165, 1.54) is 12.1 Å². The summed E-state index contributed by atoms with van der Waals surface area (Å²) < 4.78 is 20.2. The Morgan fingerprint density at radius 3 is 2.75 bits per heavy atom. The highest BCUT2D eigenvalue weighted by atomic mass is 19.1. The number of anilines is 1. The molecular formula is C18H21FN4O. The Kier molecular flexibility index (Phi) is 5.05. The van der Waals surface area contributed by atoms with E-state index in [0.717, 1.165) is 54.6 Å². The molecule has 0 aliphatic rings. The van der Waals surface area contributed by atoms with Crippen LogP contribution in [0.4, 0.5) is 10.2 Å². The minimum atomic E-state index is -0.256. The zero-order valence-electron chi connectivity index (χ0n) is 13.9. The normalized spacial score (nSPS) is 11.1. The van der Waals surface area contributed by atoms with Gasteiger partial charge in [-0.3, -0.25) is 0 Å². The van der Waals surface area contributed by atoms with E-state index in [1.54, 1.807) is 16.6 Å². The fraction of sp³-hybridized carbons (Fsp3) is 0.333. The smallest absolute Gasteiger partial charge is 0.158 e. The fourth-order valence-electron chi connectivity index (χ4n) is 2.52. The summed E-state index contributed by atoms with van der Waals surface area (Å²) in [6.45, 7) is 6.21. The lowest BCUT2D eigenvalue weighted by atomic mass is 10.1. The van der Waals surface area contributed by atoms with Crippen LogP contribution in [0.15, 0.2) is 36.4 Å². The first-order valence-electron chi connectivity index (χ1n) is 8.12. The lowest BCUT2D eigenvalue weighted by Gasteiger charge is -2.09. The molecule has 0 aliphatic heterocycles. The molecule has 0 radical (unpaired) electrons. The summed E-state index contributed by atoms with van der Waals surface area (Å²) >= 11 is 0. The Balaban J connectivity index is 1.85. The average Bonchev–Trinajstić information content (AvgIpc) is 2.99. The van der Waals surface area contributed by atoms with Crippen LogP contribution in [0.2, 0.25) is 0 Å². The minimum Gasteiger partial charge on any atom is -0.382 e. The minimum absolute atomic E-state index is 0.256. The van der Waals surface area contributed by atoms with E-state index in [2.05, 4.69) is 15.4 Å². The summed E-state index contributed by atoms with van der Waals surface area (Å²) in [6, 6.07) is 10.2. The van der Waals surface area contributed by atoms with Gasteiger partial charge < -0.3 is 10.1 Å². The third-order valence-corrected chi connectivity index (χ3v) is 3.67. The van der Waals surface area contributed by atoms with Gasteiger partial charge in [0.2, 0.25) is 0 Å². The quantitative estimate of drug-likeness (QED) is 0.672. The fourth-order valence-corrected chi connectivity index (χ4v) is 2.52. The number of hydrogen-bond donors (Lipinski definition) is 1. The van der Waals surface area contributed by atoms with Gasteiger partial charge in [-0.15, -0.1) is 0 Å². The van der Waals surface area contributed by atoms with Crippen LogP contribution in [0.3, 0.4) is 0 Å². The molecule has 0 amide bonds. The van der Waals surface area contributed by atoms with Gasteiger partial charge in [-0.1, -0.05) is 0 Å². The Morgan fingerprint density at radius 1 is 1.21 bits per heavy atom. The van der Waals surface area contributed by atoms with Gasteiger partial charge in [-0.05, 0) is 44.5 Å². The number of benzene rings is 1. The molecule has 0 spiro atoms. The van der Waals surface area contributed by atoms with E-state index in [-0.39, 0.29) is 5.82 Å². The molecule has 5 nitrogen and oxygen atoms in total. The predicted molar refractivity (Wildman–Crippen MR) is 92.7 cm³/mol. The van der Waals surface area contributed by atoms with Crippen molar-refractivity contribution in [3.63, 3.8) is 0 Å². The van der Waals surface area contributed by atoms with E-state index in [0.29, 0.717) is 0 Å². The maximum absolute atomic E-state index is 13.1. The van der Waals surface area contributed by atoms with Crippen LogP contribution >= 0.6 is 0 Å². The maximum atomic E-state index is 13.1. The van der Waals surface area contributed by atoms with Crippen molar-refractivity contribution in [2.24, 2.45) is 0 Å². The summed E-state index contributed by atoms with van der Waals surface area (Å²) in [5.41, 5.74) is 3.31. The van der Waals surface area contributed by atoms with E-state index >= 15 is 0 Å². The maximum Gasteiger partial charge on any atom is 0.158 e. The first-order chi connectivity index (χ1) is 11.7. The second-order valence-corrected chi connectivity index (χ2v) is 5.57. The van der Waals surface area contributed by atoms with Gasteiger partial charge >= 0.3 is 0 Å². The second-order valence-electron chi connectivity index (χ2n) is 5.57. The van der Waals surface area contributed by atoms with Crippen molar-refractivity contribution in [2.75, 3.05) is 25.1 Å². The second kappa shape index (κ2) is 7.40. The first-order valence-corrected chi connectivity index (χ1v) is 8.12.